The predicted molar refractivity (Wildman–Crippen MR) is 145 cm³/mol. The quantitative estimate of drug-likeness (QED) is 0.274. The molecule has 6 rings (SSSR count). The molecule has 35 heavy (non-hydrogen) atoms. The molecule has 0 aliphatic heterocycles. The highest BCUT2D eigenvalue weighted by Gasteiger charge is 2.17. The molecular formula is C33H22N2. The van der Waals surface area contributed by atoms with Crippen LogP contribution in [0, 0.1) is 11.8 Å². The van der Waals surface area contributed by atoms with Crippen LogP contribution in [-0.2, 0) is 0 Å². The standard InChI is InChI=1S/C33H22N2/c1-3-10-24(11-4-1)18-19-25-20-22-28(23-21-25)33-34-31(27-13-5-2-6-14-27)32(35-33)30-17-9-15-26-12-7-8-16-29(26)30/h1-17,20-23H,(H,34,35). The zero-order chi connectivity index (χ0) is 23.5. The molecule has 0 saturated carbocycles. The van der Waals surface area contributed by atoms with E-state index >= 15 is 0 Å². The van der Waals surface area contributed by atoms with Gasteiger partial charge in [-0.2, -0.15) is 0 Å². The molecule has 5 aromatic carbocycles. The Balaban J connectivity index is 1.43. The summed E-state index contributed by atoms with van der Waals surface area (Å²) in [6.07, 6.45) is 0. The molecule has 0 aliphatic carbocycles. The van der Waals surface area contributed by atoms with Gasteiger partial charge in [-0.3, -0.25) is 0 Å². The van der Waals surface area contributed by atoms with Gasteiger partial charge in [-0.1, -0.05) is 115 Å². The Labute approximate surface area is 204 Å². The minimum Gasteiger partial charge on any atom is -0.337 e. The maximum atomic E-state index is 5.07. The van der Waals surface area contributed by atoms with Crippen molar-refractivity contribution in [2.75, 3.05) is 0 Å². The molecule has 0 fully saturated rings. The van der Waals surface area contributed by atoms with Gasteiger partial charge in [0.25, 0.3) is 0 Å². The van der Waals surface area contributed by atoms with Crippen molar-refractivity contribution < 1.29 is 0 Å². The van der Waals surface area contributed by atoms with Crippen LogP contribution in [0.2, 0.25) is 0 Å². The Morgan fingerprint density at radius 3 is 1.91 bits per heavy atom. The fourth-order valence-corrected chi connectivity index (χ4v) is 4.33. The van der Waals surface area contributed by atoms with E-state index in [-0.39, 0.29) is 0 Å². The zero-order valence-electron chi connectivity index (χ0n) is 19.1. The first-order valence-electron chi connectivity index (χ1n) is 11.7. The minimum atomic E-state index is 0.842. The smallest absolute Gasteiger partial charge is 0.138 e. The van der Waals surface area contributed by atoms with Crippen molar-refractivity contribution in [2.45, 2.75) is 0 Å². The summed E-state index contributed by atoms with van der Waals surface area (Å²) in [4.78, 5) is 8.70. The van der Waals surface area contributed by atoms with Crippen molar-refractivity contribution >= 4 is 10.8 Å². The number of aromatic nitrogens is 2. The highest BCUT2D eigenvalue weighted by molar-refractivity contribution is 5.99. The molecular weight excluding hydrogens is 424 g/mol. The van der Waals surface area contributed by atoms with E-state index in [1.807, 2.05) is 48.5 Å². The van der Waals surface area contributed by atoms with Crippen molar-refractivity contribution in [3.63, 3.8) is 0 Å². The number of rotatable bonds is 3. The number of nitrogens with one attached hydrogen (secondary N) is 1. The van der Waals surface area contributed by atoms with Crippen LogP contribution in [0.1, 0.15) is 11.1 Å². The maximum absolute atomic E-state index is 5.07. The van der Waals surface area contributed by atoms with Crippen LogP contribution in [0.25, 0.3) is 44.7 Å². The van der Waals surface area contributed by atoms with E-state index in [2.05, 4.69) is 95.7 Å². The minimum absolute atomic E-state index is 0.842. The molecule has 6 aromatic rings. The normalized spacial score (nSPS) is 10.6. The van der Waals surface area contributed by atoms with Gasteiger partial charge in [0.15, 0.2) is 0 Å². The summed E-state index contributed by atoms with van der Waals surface area (Å²) in [6, 6.07) is 43.5. The molecule has 0 radical (unpaired) electrons. The Kier molecular flexibility index (Phi) is 5.43. The molecule has 0 amide bonds. The van der Waals surface area contributed by atoms with E-state index in [4.69, 9.17) is 4.98 Å². The molecule has 0 aliphatic rings. The van der Waals surface area contributed by atoms with Crippen LogP contribution in [0.5, 0.6) is 0 Å². The Morgan fingerprint density at radius 1 is 0.514 bits per heavy atom. The van der Waals surface area contributed by atoms with Crippen LogP contribution in [0.4, 0.5) is 0 Å². The SMILES string of the molecule is C(#Cc1ccc(-c2nc(-c3ccccc3)c(-c3cccc4ccccc34)[nH]2)cc1)c1ccccc1. The number of imidazole rings is 1. The molecule has 0 spiro atoms. The zero-order valence-corrected chi connectivity index (χ0v) is 19.1. The Morgan fingerprint density at radius 2 is 1.14 bits per heavy atom. The molecule has 1 N–H and O–H groups in total. The predicted octanol–water partition coefficient (Wildman–Crippen LogP) is 7.96. The highest BCUT2D eigenvalue weighted by atomic mass is 14.9. The van der Waals surface area contributed by atoms with Crippen molar-refractivity contribution in [1.29, 1.82) is 0 Å². The van der Waals surface area contributed by atoms with Gasteiger partial charge in [0.05, 0.1) is 11.4 Å². The number of fused-ring (bicyclic) bond motifs is 1. The first-order valence-corrected chi connectivity index (χ1v) is 11.7. The summed E-state index contributed by atoms with van der Waals surface area (Å²) in [6.45, 7) is 0. The number of nitrogens with zero attached hydrogens (tertiary/aromatic N) is 1. The van der Waals surface area contributed by atoms with Crippen LogP contribution in [-0.4, -0.2) is 9.97 Å². The van der Waals surface area contributed by atoms with E-state index in [0.29, 0.717) is 0 Å². The molecule has 2 nitrogen and oxygen atoms in total. The van der Waals surface area contributed by atoms with Gasteiger partial charge in [0.2, 0.25) is 0 Å². The summed E-state index contributed by atoms with van der Waals surface area (Å²) in [5, 5.41) is 2.41. The molecule has 1 heterocycles. The number of hydrogen-bond donors (Lipinski definition) is 1. The molecule has 0 saturated heterocycles. The highest BCUT2D eigenvalue weighted by Crippen LogP contribution is 2.36. The van der Waals surface area contributed by atoms with E-state index < -0.39 is 0 Å². The summed E-state index contributed by atoms with van der Waals surface area (Å²) in [7, 11) is 0. The average molecular weight is 447 g/mol. The first-order chi connectivity index (χ1) is 17.3. The van der Waals surface area contributed by atoms with Gasteiger partial charge in [-0.25, -0.2) is 4.98 Å². The largest absolute Gasteiger partial charge is 0.337 e. The third kappa shape index (κ3) is 4.24. The third-order valence-electron chi connectivity index (χ3n) is 6.09. The van der Waals surface area contributed by atoms with Crippen LogP contribution >= 0.6 is 0 Å². The number of aromatic amines is 1. The average Bonchev–Trinajstić information content (AvgIpc) is 3.38. The number of hydrogen-bond acceptors (Lipinski definition) is 1. The van der Waals surface area contributed by atoms with Gasteiger partial charge >= 0.3 is 0 Å². The molecule has 0 unspecified atom stereocenters. The molecule has 1 aromatic heterocycles. The lowest BCUT2D eigenvalue weighted by atomic mass is 9.99. The van der Waals surface area contributed by atoms with Crippen molar-refractivity contribution in [2.24, 2.45) is 0 Å². The topological polar surface area (TPSA) is 28.7 Å². The lowest BCUT2D eigenvalue weighted by molar-refractivity contribution is 1.31. The van der Waals surface area contributed by atoms with E-state index in [0.717, 1.165) is 45.0 Å². The molecule has 164 valence electrons. The van der Waals surface area contributed by atoms with Gasteiger partial charge < -0.3 is 4.98 Å². The number of benzene rings is 5. The fraction of sp³-hybridized carbons (Fsp3) is 0. The second-order valence-corrected chi connectivity index (χ2v) is 8.40. The maximum Gasteiger partial charge on any atom is 0.138 e. The fourth-order valence-electron chi connectivity index (χ4n) is 4.33. The third-order valence-corrected chi connectivity index (χ3v) is 6.09. The van der Waals surface area contributed by atoms with Gasteiger partial charge in [-0.05, 0) is 35.0 Å². The van der Waals surface area contributed by atoms with Gasteiger partial charge in [-0.15, -0.1) is 0 Å². The molecule has 2 heteroatoms. The van der Waals surface area contributed by atoms with E-state index in [9.17, 15) is 0 Å². The lowest BCUT2D eigenvalue weighted by Crippen LogP contribution is -1.85. The van der Waals surface area contributed by atoms with Crippen LogP contribution in [0.3, 0.4) is 0 Å². The van der Waals surface area contributed by atoms with Gasteiger partial charge in [0.1, 0.15) is 5.82 Å². The van der Waals surface area contributed by atoms with Crippen molar-refractivity contribution in [1.82, 2.24) is 9.97 Å². The molecule has 0 atom stereocenters. The lowest BCUT2D eigenvalue weighted by Gasteiger charge is -2.07. The summed E-state index contributed by atoms with van der Waals surface area (Å²) < 4.78 is 0. The van der Waals surface area contributed by atoms with Crippen molar-refractivity contribution in [3.8, 4) is 45.7 Å². The second-order valence-electron chi connectivity index (χ2n) is 8.40. The summed E-state index contributed by atoms with van der Waals surface area (Å²) >= 11 is 0. The number of H-pyrrole nitrogens is 1. The summed E-state index contributed by atoms with van der Waals surface area (Å²) in [5.74, 6) is 7.31. The first kappa shape index (κ1) is 20.7. The van der Waals surface area contributed by atoms with E-state index in [1.165, 1.54) is 10.8 Å². The Hall–Kier alpha value is -4.87. The summed E-state index contributed by atoms with van der Waals surface area (Å²) in [5.41, 5.74) is 7.21. The van der Waals surface area contributed by atoms with E-state index in [1.54, 1.807) is 0 Å². The van der Waals surface area contributed by atoms with Crippen LogP contribution < -0.4 is 0 Å². The Bertz CT molecular complexity index is 1660. The second kappa shape index (κ2) is 9.17. The monoisotopic (exact) mass is 446 g/mol. The van der Waals surface area contributed by atoms with Crippen molar-refractivity contribution in [3.05, 3.63) is 139 Å². The van der Waals surface area contributed by atoms with Gasteiger partial charge in [0, 0.05) is 27.8 Å². The molecule has 0 bridgehead atoms. The van der Waals surface area contributed by atoms with Crippen LogP contribution in [0.15, 0.2) is 127 Å².